The third kappa shape index (κ3) is 6.60. The van der Waals surface area contributed by atoms with Crippen molar-refractivity contribution in [3.8, 4) is 11.5 Å². The van der Waals surface area contributed by atoms with Crippen LogP contribution in [0, 0.1) is 13.8 Å². The number of alkyl halides is 2. The summed E-state index contributed by atoms with van der Waals surface area (Å²) in [6, 6.07) is 10.0. The molecule has 2 aromatic rings. The molecule has 2 rings (SSSR count). The van der Waals surface area contributed by atoms with E-state index in [1.165, 1.54) is 25.3 Å². The highest BCUT2D eigenvalue weighted by molar-refractivity contribution is 5.95. The van der Waals surface area contributed by atoms with E-state index in [-0.39, 0.29) is 17.1 Å². The van der Waals surface area contributed by atoms with Crippen LogP contribution in [0.4, 0.5) is 14.5 Å². The van der Waals surface area contributed by atoms with Gasteiger partial charge in [-0.1, -0.05) is 29.8 Å². The van der Waals surface area contributed by atoms with Crippen LogP contribution in [0.3, 0.4) is 0 Å². The van der Waals surface area contributed by atoms with Gasteiger partial charge in [-0.15, -0.1) is 0 Å². The molecule has 0 aromatic heterocycles. The largest absolute Gasteiger partial charge is 0.493 e. The fourth-order valence-electron chi connectivity index (χ4n) is 2.52. The Labute approximate surface area is 167 Å². The van der Waals surface area contributed by atoms with Crippen LogP contribution >= 0.6 is 0 Å². The fourth-order valence-corrected chi connectivity index (χ4v) is 2.52. The van der Waals surface area contributed by atoms with Crippen molar-refractivity contribution >= 4 is 23.6 Å². The Balaban J connectivity index is 1.97. The minimum Gasteiger partial charge on any atom is -0.493 e. The molecule has 0 spiro atoms. The van der Waals surface area contributed by atoms with Crippen molar-refractivity contribution in [2.75, 3.05) is 19.0 Å². The first-order valence-corrected chi connectivity index (χ1v) is 8.64. The van der Waals surface area contributed by atoms with Crippen LogP contribution in [0.2, 0.25) is 0 Å². The summed E-state index contributed by atoms with van der Waals surface area (Å²) in [5.74, 6) is -1.43. The smallest absolute Gasteiger partial charge is 0.387 e. The van der Waals surface area contributed by atoms with Gasteiger partial charge in [0.2, 0.25) is 0 Å². The number of para-hydroxylation sites is 1. The number of carbonyl (C=O) groups is 2. The maximum Gasteiger partial charge on any atom is 0.387 e. The molecule has 0 saturated carbocycles. The van der Waals surface area contributed by atoms with E-state index in [4.69, 9.17) is 9.47 Å². The molecule has 0 bridgehead atoms. The Morgan fingerprint density at radius 1 is 1.17 bits per heavy atom. The molecule has 6 nitrogen and oxygen atoms in total. The number of anilines is 1. The van der Waals surface area contributed by atoms with Gasteiger partial charge in [0.15, 0.2) is 18.1 Å². The van der Waals surface area contributed by atoms with E-state index in [1.807, 2.05) is 26.0 Å². The van der Waals surface area contributed by atoms with E-state index in [0.29, 0.717) is 5.69 Å². The highest BCUT2D eigenvalue weighted by Gasteiger charge is 2.14. The monoisotopic (exact) mass is 405 g/mol. The van der Waals surface area contributed by atoms with Gasteiger partial charge >= 0.3 is 12.6 Å². The van der Waals surface area contributed by atoms with E-state index in [9.17, 15) is 18.4 Å². The summed E-state index contributed by atoms with van der Waals surface area (Å²) in [7, 11) is 1.31. The van der Waals surface area contributed by atoms with Gasteiger partial charge in [-0.3, -0.25) is 4.79 Å². The van der Waals surface area contributed by atoms with Crippen molar-refractivity contribution in [2.45, 2.75) is 20.5 Å². The zero-order chi connectivity index (χ0) is 21.4. The van der Waals surface area contributed by atoms with Crippen molar-refractivity contribution in [1.82, 2.24) is 0 Å². The number of amides is 1. The van der Waals surface area contributed by atoms with Gasteiger partial charge in [0.1, 0.15) is 0 Å². The zero-order valence-corrected chi connectivity index (χ0v) is 16.2. The Morgan fingerprint density at radius 2 is 1.93 bits per heavy atom. The number of hydrogen-bond acceptors (Lipinski definition) is 5. The normalized spacial score (nSPS) is 10.8. The lowest BCUT2D eigenvalue weighted by Crippen LogP contribution is -2.20. The first-order valence-electron chi connectivity index (χ1n) is 8.64. The van der Waals surface area contributed by atoms with E-state index in [0.717, 1.165) is 17.2 Å². The highest BCUT2D eigenvalue weighted by Crippen LogP contribution is 2.33. The number of halogens is 2. The van der Waals surface area contributed by atoms with Gasteiger partial charge in [-0.2, -0.15) is 8.78 Å². The van der Waals surface area contributed by atoms with Crippen LogP contribution in [0.5, 0.6) is 11.5 Å². The number of carbonyl (C=O) groups excluding carboxylic acids is 2. The van der Waals surface area contributed by atoms with Crippen molar-refractivity contribution in [1.29, 1.82) is 0 Å². The maximum atomic E-state index is 12.6. The molecule has 0 radical (unpaired) electrons. The second-order valence-electron chi connectivity index (χ2n) is 6.06. The molecular weight excluding hydrogens is 384 g/mol. The molecule has 0 heterocycles. The van der Waals surface area contributed by atoms with Crippen molar-refractivity contribution in [3.05, 3.63) is 59.2 Å². The van der Waals surface area contributed by atoms with Gasteiger partial charge in [-0.25, -0.2) is 4.79 Å². The lowest BCUT2D eigenvalue weighted by Gasteiger charge is -2.12. The van der Waals surface area contributed by atoms with Crippen LogP contribution in [0.1, 0.15) is 16.7 Å². The molecule has 0 aliphatic heterocycles. The number of esters is 1. The summed E-state index contributed by atoms with van der Waals surface area (Å²) < 4.78 is 39.6. The average molecular weight is 405 g/mol. The molecule has 8 heteroatoms. The van der Waals surface area contributed by atoms with E-state index < -0.39 is 25.1 Å². The van der Waals surface area contributed by atoms with Gasteiger partial charge in [0.25, 0.3) is 5.91 Å². The van der Waals surface area contributed by atoms with E-state index >= 15 is 0 Å². The van der Waals surface area contributed by atoms with Gasteiger partial charge < -0.3 is 19.5 Å². The fraction of sp³-hybridized carbons (Fsp3) is 0.238. The Morgan fingerprint density at radius 3 is 2.59 bits per heavy atom. The standard InChI is InChI=1S/C21H21F2NO5/c1-13-7-9-16(14(2)11-13)24-18(25)12-28-19(26)10-8-15-5-4-6-17(27-3)20(15)29-21(22)23/h4-11,21H,12H2,1-3H3,(H,24,25)/b10-8+. The molecule has 0 fully saturated rings. The molecule has 0 atom stereocenters. The van der Waals surface area contributed by atoms with E-state index in [1.54, 1.807) is 12.1 Å². The predicted octanol–water partition coefficient (Wildman–Crippen LogP) is 4.11. The second kappa shape index (κ2) is 10.2. The highest BCUT2D eigenvalue weighted by atomic mass is 19.3. The third-order valence-electron chi connectivity index (χ3n) is 3.84. The average Bonchev–Trinajstić information content (AvgIpc) is 2.67. The molecule has 1 N–H and O–H groups in total. The molecule has 0 aliphatic rings. The number of methoxy groups -OCH3 is 1. The summed E-state index contributed by atoms with van der Waals surface area (Å²) in [6.07, 6.45) is 2.25. The van der Waals surface area contributed by atoms with Crippen molar-refractivity contribution in [3.63, 3.8) is 0 Å². The lowest BCUT2D eigenvalue weighted by molar-refractivity contribution is -0.142. The number of benzene rings is 2. The summed E-state index contributed by atoms with van der Waals surface area (Å²) in [5.41, 5.74) is 2.76. The summed E-state index contributed by atoms with van der Waals surface area (Å²) >= 11 is 0. The Kier molecular flexibility index (Phi) is 7.70. The van der Waals surface area contributed by atoms with Crippen LogP contribution in [0.25, 0.3) is 6.08 Å². The molecule has 0 unspecified atom stereocenters. The SMILES string of the molecule is COc1cccc(/C=C/C(=O)OCC(=O)Nc2ccc(C)cc2C)c1OC(F)F. The van der Waals surface area contributed by atoms with Gasteiger partial charge in [-0.05, 0) is 37.6 Å². The summed E-state index contributed by atoms with van der Waals surface area (Å²) in [5, 5.41) is 2.65. The summed E-state index contributed by atoms with van der Waals surface area (Å²) in [4.78, 5) is 23.8. The zero-order valence-electron chi connectivity index (χ0n) is 16.2. The molecule has 154 valence electrons. The number of aryl methyl sites for hydroxylation is 2. The van der Waals surface area contributed by atoms with Crippen LogP contribution in [-0.2, 0) is 14.3 Å². The molecule has 1 amide bonds. The molecular formula is C21H21F2NO5. The Bertz CT molecular complexity index is 912. The maximum absolute atomic E-state index is 12.6. The van der Waals surface area contributed by atoms with Gasteiger partial charge in [0, 0.05) is 17.3 Å². The van der Waals surface area contributed by atoms with Gasteiger partial charge in [0.05, 0.1) is 7.11 Å². The predicted molar refractivity (Wildman–Crippen MR) is 104 cm³/mol. The lowest BCUT2D eigenvalue weighted by atomic mass is 10.1. The first-order chi connectivity index (χ1) is 13.8. The Hall–Kier alpha value is -3.42. The number of nitrogens with one attached hydrogen (secondary N) is 1. The van der Waals surface area contributed by atoms with Crippen LogP contribution < -0.4 is 14.8 Å². The topological polar surface area (TPSA) is 73.9 Å². The van der Waals surface area contributed by atoms with Crippen LogP contribution in [0.15, 0.2) is 42.5 Å². The molecule has 0 aliphatic carbocycles. The van der Waals surface area contributed by atoms with E-state index in [2.05, 4.69) is 10.1 Å². The number of ether oxygens (including phenoxy) is 3. The minimum atomic E-state index is -3.06. The molecule has 29 heavy (non-hydrogen) atoms. The number of rotatable bonds is 8. The minimum absolute atomic E-state index is 0.0914. The summed E-state index contributed by atoms with van der Waals surface area (Å²) in [6.45, 7) is 0.242. The van der Waals surface area contributed by atoms with Crippen molar-refractivity contribution in [2.24, 2.45) is 0 Å². The van der Waals surface area contributed by atoms with Crippen LogP contribution in [-0.4, -0.2) is 32.2 Å². The first kappa shape index (κ1) is 21.9. The van der Waals surface area contributed by atoms with Crippen molar-refractivity contribution < 1.29 is 32.6 Å². The quantitative estimate of drug-likeness (QED) is 0.529. The third-order valence-corrected chi connectivity index (χ3v) is 3.84. The number of hydrogen-bond donors (Lipinski definition) is 1. The second-order valence-corrected chi connectivity index (χ2v) is 6.06. The molecule has 2 aromatic carbocycles. The molecule has 0 saturated heterocycles.